The Balaban J connectivity index is 1.46. The van der Waals surface area contributed by atoms with Crippen LogP contribution in [0.3, 0.4) is 0 Å². The molecule has 140 valence electrons. The Morgan fingerprint density at radius 2 is 1.96 bits per heavy atom. The van der Waals surface area contributed by atoms with Crippen LogP contribution < -0.4 is 4.90 Å². The van der Waals surface area contributed by atoms with Crippen molar-refractivity contribution in [3.63, 3.8) is 0 Å². The summed E-state index contributed by atoms with van der Waals surface area (Å²) in [5.74, 6) is 1.11. The van der Waals surface area contributed by atoms with E-state index in [-0.39, 0.29) is 17.6 Å². The van der Waals surface area contributed by atoms with Crippen LogP contribution in [0.15, 0.2) is 6.20 Å². The van der Waals surface area contributed by atoms with Crippen molar-refractivity contribution in [2.24, 2.45) is 5.92 Å². The molecule has 0 spiro atoms. The Bertz CT molecular complexity index is 846. The van der Waals surface area contributed by atoms with Gasteiger partial charge in [0.25, 0.3) is 0 Å². The Labute approximate surface area is 153 Å². The zero-order chi connectivity index (χ0) is 17.9. The van der Waals surface area contributed by atoms with Crippen molar-refractivity contribution in [2.75, 3.05) is 31.1 Å². The van der Waals surface area contributed by atoms with Gasteiger partial charge >= 0.3 is 0 Å². The summed E-state index contributed by atoms with van der Waals surface area (Å²) in [5.41, 5.74) is 1.56. The number of amides is 1. The van der Waals surface area contributed by atoms with Crippen LogP contribution in [0, 0.1) is 5.92 Å². The number of rotatable bonds is 3. The van der Waals surface area contributed by atoms with Crippen molar-refractivity contribution in [2.45, 2.75) is 49.0 Å². The minimum Gasteiger partial charge on any atom is -0.341 e. The predicted octanol–water partition coefficient (Wildman–Crippen LogP) is 1.10. The Hall–Kier alpha value is -1.70. The maximum absolute atomic E-state index is 12.8. The van der Waals surface area contributed by atoms with Crippen molar-refractivity contribution < 1.29 is 13.2 Å². The molecule has 1 saturated carbocycles. The van der Waals surface area contributed by atoms with E-state index in [1.54, 1.807) is 11.1 Å². The van der Waals surface area contributed by atoms with Crippen molar-refractivity contribution in [3.8, 4) is 0 Å². The largest absolute Gasteiger partial charge is 0.341 e. The number of nitrogens with zero attached hydrogens (tertiary/aromatic N) is 4. The molecule has 2 atom stereocenters. The van der Waals surface area contributed by atoms with Crippen LogP contribution in [0.4, 0.5) is 5.95 Å². The summed E-state index contributed by atoms with van der Waals surface area (Å²) in [4.78, 5) is 25.7. The standard InChI is InChI=1S/C18H24N4O3S/c23-16(7-12-3-4-12)22-9-14-15(10-22)26(24,25)11-13-8-19-18(20-17(13)14)21-5-1-2-6-21/h8,12,14-15H,1-7,9-11H2/t14-,15+/m0/s1. The van der Waals surface area contributed by atoms with Crippen LogP contribution in [-0.4, -0.2) is 60.6 Å². The number of aromatic nitrogens is 2. The fourth-order valence-corrected chi connectivity index (χ4v) is 6.53. The first-order valence-corrected chi connectivity index (χ1v) is 11.3. The molecule has 0 radical (unpaired) electrons. The van der Waals surface area contributed by atoms with Crippen LogP contribution in [0.25, 0.3) is 0 Å². The third kappa shape index (κ3) is 2.78. The SMILES string of the molecule is O=C(CC1CC1)N1C[C@@H]2c3nc(N4CCCC4)ncc3CS(=O)(=O)[C@@H]2C1. The molecule has 3 fully saturated rings. The molecule has 1 aromatic heterocycles. The number of anilines is 1. The van der Waals surface area contributed by atoms with E-state index in [4.69, 9.17) is 4.98 Å². The average molecular weight is 376 g/mol. The number of sulfone groups is 1. The van der Waals surface area contributed by atoms with Gasteiger partial charge in [0, 0.05) is 50.3 Å². The van der Waals surface area contributed by atoms with E-state index in [1.165, 1.54) is 0 Å². The Morgan fingerprint density at radius 3 is 2.69 bits per heavy atom. The normalized spacial score (nSPS) is 29.5. The van der Waals surface area contributed by atoms with Crippen molar-refractivity contribution >= 4 is 21.7 Å². The second-order valence-corrected chi connectivity index (χ2v) is 10.4. The van der Waals surface area contributed by atoms with Gasteiger partial charge in [0.15, 0.2) is 9.84 Å². The van der Waals surface area contributed by atoms with Gasteiger partial charge in [-0.1, -0.05) is 0 Å². The first-order valence-electron chi connectivity index (χ1n) is 9.61. The molecule has 26 heavy (non-hydrogen) atoms. The molecule has 0 N–H and O–H groups in total. The van der Waals surface area contributed by atoms with Gasteiger partial charge < -0.3 is 9.80 Å². The van der Waals surface area contributed by atoms with Crippen LogP contribution >= 0.6 is 0 Å². The molecule has 0 unspecified atom stereocenters. The van der Waals surface area contributed by atoms with E-state index in [1.807, 2.05) is 0 Å². The molecule has 1 amide bonds. The van der Waals surface area contributed by atoms with Crippen LogP contribution in [0.5, 0.6) is 0 Å². The van der Waals surface area contributed by atoms with E-state index in [2.05, 4.69) is 9.88 Å². The highest BCUT2D eigenvalue weighted by atomic mass is 32.2. The summed E-state index contributed by atoms with van der Waals surface area (Å²) in [6.45, 7) is 2.70. The summed E-state index contributed by atoms with van der Waals surface area (Å²) in [6, 6.07) is 0. The molecule has 3 aliphatic heterocycles. The van der Waals surface area contributed by atoms with Crippen molar-refractivity contribution in [1.29, 1.82) is 0 Å². The van der Waals surface area contributed by atoms with Gasteiger partial charge in [-0.2, -0.15) is 0 Å². The molecule has 1 aliphatic carbocycles. The molecule has 7 nitrogen and oxygen atoms in total. The monoisotopic (exact) mass is 376 g/mol. The van der Waals surface area contributed by atoms with Crippen LogP contribution in [0.2, 0.25) is 0 Å². The van der Waals surface area contributed by atoms with Gasteiger partial charge in [-0.05, 0) is 31.6 Å². The number of hydrogen-bond donors (Lipinski definition) is 0. The topological polar surface area (TPSA) is 83.5 Å². The molecule has 0 aromatic carbocycles. The quantitative estimate of drug-likeness (QED) is 0.786. The fraction of sp³-hybridized carbons (Fsp3) is 0.722. The van der Waals surface area contributed by atoms with Gasteiger partial charge in [-0.25, -0.2) is 18.4 Å². The third-order valence-electron chi connectivity index (χ3n) is 6.22. The van der Waals surface area contributed by atoms with Gasteiger partial charge in [0.2, 0.25) is 11.9 Å². The second kappa shape index (κ2) is 5.90. The third-order valence-corrected chi connectivity index (χ3v) is 8.34. The van der Waals surface area contributed by atoms with Gasteiger partial charge in [0.05, 0.1) is 16.7 Å². The molecule has 5 rings (SSSR count). The molecule has 4 aliphatic rings. The van der Waals surface area contributed by atoms with E-state index in [9.17, 15) is 13.2 Å². The molecule has 0 bridgehead atoms. The fourth-order valence-electron chi connectivity index (χ4n) is 4.54. The molecular weight excluding hydrogens is 352 g/mol. The zero-order valence-electron chi connectivity index (χ0n) is 14.8. The smallest absolute Gasteiger partial charge is 0.225 e. The summed E-state index contributed by atoms with van der Waals surface area (Å²) in [7, 11) is -3.27. The van der Waals surface area contributed by atoms with E-state index in [0.717, 1.165) is 44.5 Å². The van der Waals surface area contributed by atoms with Gasteiger partial charge in [-0.3, -0.25) is 4.79 Å². The first kappa shape index (κ1) is 16.5. The Morgan fingerprint density at radius 1 is 1.19 bits per heavy atom. The summed E-state index contributed by atoms with van der Waals surface area (Å²) in [6.07, 6.45) is 6.79. The number of carbonyl (C=O) groups is 1. The molecular formula is C18H24N4O3S. The minimum atomic E-state index is -3.27. The lowest BCUT2D eigenvalue weighted by molar-refractivity contribution is -0.130. The predicted molar refractivity (Wildman–Crippen MR) is 96.6 cm³/mol. The molecule has 2 saturated heterocycles. The highest BCUT2D eigenvalue weighted by molar-refractivity contribution is 7.91. The minimum absolute atomic E-state index is 0.00552. The van der Waals surface area contributed by atoms with E-state index in [0.29, 0.717) is 36.9 Å². The summed E-state index contributed by atoms with van der Waals surface area (Å²) in [5, 5.41) is -0.514. The highest BCUT2D eigenvalue weighted by Crippen LogP contribution is 2.41. The number of carbonyl (C=O) groups excluding carboxylic acids is 1. The van der Waals surface area contributed by atoms with E-state index >= 15 is 0 Å². The molecule has 1 aromatic rings. The molecule has 8 heteroatoms. The van der Waals surface area contributed by atoms with Crippen LogP contribution in [0.1, 0.15) is 49.3 Å². The maximum Gasteiger partial charge on any atom is 0.225 e. The van der Waals surface area contributed by atoms with Gasteiger partial charge in [-0.15, -0.1) is 0 Å². The summed E-state index contributed by atoms with van der Waals surface area (Å²) >= 11 is 0. The first-order chi connectivity index (χ1) is 12.5. The lowest BCUT2D eigenvalue weighted by atomic mass is 10.00. The number of likely N-dealkylation sites (tertiary alicyclic amines) is 1. The lowest BCUT2D eigenvalue weighted by Crippen LogP contribution is -2.36. The van der Waals surface area contributed by atoms with Crippen molar-refractivity contribution in [3.05, 3.63) is 17.5 Å². The summed E-state index contributed by atoms with van der Waals surface area (Å²) < 4.78 is 25.5. The van der Waals surface area contributed by atoms with Crippen LogP contribution in [-0.2, 0) is 20.4 Å². The highest BCUT2D eigenvalue weighted by Gasteiger charge is 2.49. The average Bonchev–Trinajstić information content (AvgIpc) is 3.11. The second-order valence-electron chi connectivity index (χ2n) is 8.17. The lowest BCUT2D eigenvalue weighted by Gasteiger charge is -2.27. The Kier molecular flexibility index (Phi) is 3.74. The number of hydrogen-bond acceptors (Lipinski definition) is 6. The zero-order valence-corrected chi connectivity index (χ0v) is 15.6. The maximum atomic E-state index is 12.8. The number of fused-ring (bicyclic) bond motifs is 3. The van der Waals surface area contributed by atoms with Crippen molar-refractivity contribution in [1.82, 2.24) is 14.9 Å². The van der Waals surface area contributed by atoms with Gasteiger partial charge in [0.1, 0.15) is 0 Å². The molecule has 4 heterocycles. The van der Waals surface area contributed by atoms with E-state index < -0.39 is 15.1 Å².